The van der Waals surface area contributed by atoms with Crippen molar-refractivity contribution >= 4 is 18.1 Å². The Morgan fingerprint density at radius 2 is 1.72 bits per heavy atom. The average molecular weight is 389 g/mol. The number of carbonyl (C=O) groups is 2. The molecule has 146 valence electrons. The average Bonchev–Trinajstić information content (AvgIpc) is 2.78. The number of methoxy groups -OCH3 is 1. The van der Waals surface area contributed by atoms with Crippen LogP contribution in [0, 0.1) is 0 Å². The second kappa shape index (κ2) is 9.80. The number of pyridine rings is 1. The first-order chi connectivity index (χ1) is 14.2. The van der Waals surface area contributed by atoms with E-state index in [4.69, 9.17) is 4.74 Å². The number of amides is 1. The summed E-state index contributed by atoms with van der Waals surface area (Å²) in [6, 6.07) is 17.5. The van der Waals surface area contributed by atoms with Gasteiger partial charge in [0.15, 0.2) is 0 Å². The monoisotopic (exact) mass is 389 g/mol. The summed E-state index contributed by atoms with van der Waals surface area (Å²) in [6.07, 6.45) is 4.60. The summed E-state index contributed by atoms with van der Waals surface area (Å²) in [5.74, 6) is -0.0907. The van der Waals surface area contributed by atoms with Crippen molar-refractivity contribution in [3.05, 3.63) is 95.3 Å². The summed E-state index contributed by atoms with van der Waals surface area (Å²) < 4.78 is 10.5. The van der Waals surface area contributed by atoms with E-state index in [2.05, 4.69) is 20.2 Å². The zero-order valence-electron chi connectivity index (χ0n) is 15.7. The molecule has 0 saturated carbocycles. The molecule has 0 radical (unpaired) electrons. The van der Waals surface area contributed by atoms with E-state index in [0.29, 0.717) is 29.0 Å². The minimum absolute atomic E-state index is 0.315. The molecule has 29 heavy (non-hydrogen) atoms. The minimum atomic E-state index is -0.382. The summed E-state index contributed by atoms with van der Waals surface area (Å²) in [5, 5.41) is 4.00. The van der Waals surface area contributed by atoms with E-state index in [9.17, 15) is 9.59 Å². The Morgan fingerprint density at radius 3 is 2.45 bits per heavy atom. The number of hydrogen-bond acceptors (Lipinski definition) is 6. The van der Waals surface area contributed by atoms with Gasteiger partial charge in [-0.25, -0.2) is 10.2 Å². The maximum atomic E-state index is 12.0. The van der Waals surface area contributed by atoms with Gasteiger partial charge in [-0.1, -0.05) is 24.3 Å². The van der Waals surface area contributed by atoms with Gasteiger partial charge in [0.2, 0.25) is 0 Å². The fourth-order valence-electron chi connectivity index (χ4n) is 2.46. The van der Waals surface area contributed by atoms with E-state index in [0.717, 1.165) is 5.56 Å². The maximum absolute atomic E-state index is 12.0. The molecule has 1 amide bonds. The number of esters is 1. The van der Waals surface area contributed by atoms with E-state index in [1.54, 1.807) is 48.8 Å². The van der Waals surface area contributed by atoms with Gasteiger partial charge >= 0.3 is 5.97 Å². The molecule has 0 bridgehead atoms. The van der Waals surface area contributed by atoms with Crippen molar-refractivity contribution in [2.75, 3.05) is 7.11 Å². The van der Waals surface area contributed by atoms with E-state index >= 15 is 0 Å². The first kappa shape index (κ1) is 19.8. The summed E-state index contributed by atoms with van der Waals surface area (Å²) >= 11 is 0. The lowest BCUT2D eigenvalue weighted by atomic mass is 10.1. The molecule has 0 saturated heterocycles. The van der Waals surface area contributed by atoms with Crippen LogP contribution in [-0.4, -0.2) is 30.2 Å². The van der Waals surface area contributed by atoms with Crippen LogP contribution >= 0.6 is 0 Å². The molecular formula is C22H19N3O4. The number of benzene rings is 2. The Labute approximate surface area is 168 Å². The number of hydrazone groups is 1. The van der Waals surface area contributed by atoms with Crippen molar-refractivity contribution in [1.29, 1.82) is 0 Å². The van der Waals surface area contributed by atoms with Gasteiger partial charge in [0, 0.05) is 23.5 Å². The largest absolute Gasteiger partial charge is 0.488 e. The van der Waals surface area contributed by atoms with E-state index in [1.165, 1.54) is 13.3 Å². The van der Waals surface area contributed by atoms with Crippen LogP contribution in [0.4, 0.5) is 0 Å². The summed E-state index contributed by atoms with van der Waals surface area (Å²) in [6.45, 7) is 0.315. The zero-order chi connectivity index (χ0) is 20.5. The molecule has 7 heteroatoms. The lowest BCUT2D eigenvalue weighted by Crippen LogP contribution is -2.17. The normalized spacial score (nSPS) is 10.5. The van der Waals surface area contributed by atoms with Gasteiger partial charge in [-0.15, -0.1) is 0 Å². The molecule has 0 aliphatic heterocycles. The van der Waals surface area contributed by atoms with E-state index in [-0.39, 0.29) is 11.9 Å². The van der Waals surface area contributed by atoms with Gasteiger partial charge < -0.3 is 9.47 Å². The topological polar surface area (TPSA) is 89.9 Å². The van der Waals surface area contributed by atoms with Crippen LogP contribution in [0.1, 0.15) is 31.8 Å². The van der Waals surface area contributed by atoms with Crippen molar-refractivity contribution in [3.8, 4) is 5.75 Å². The number of nitrogens with one attached hydrogen (secondary N) is 1. The SMILES string of the molecule is COC(=O)c1ccc(COc2ccccc2/C=N\NC(=O)c2ccncc2)cc1. The number of aromatic nitrogens is 1. The second-order valence-electron chi connectivity index (χ2n) is 5.95. The molecule has 1 heterocycles. The molecule has 3 aromatic rings. The molecule has 3 rings (SSSR count). The second-order valence-corrected chi connectivity index (χ2v) is 5.95. The number of rotatable bonds is 7. The molecular weight excluding hydrogens is 370 g/mol. The fraction of sp³-hybridized carbons (Fsp3) is 0.0909. The van der Waals surface area contributed by atoms with Gasteiger partial charge in [0.05, 0.1) is 18.9 Å². The molecule has 0 unspecified atom stereocenters. The molecule has 7 nitrogen and oxygen atoms in total. The zero-order valence-corrected chi connectivity index (χ0v) is 15.7. The third-order valence-electron chi connectivity index (χ3n) is 4.00. The van der Waals surface area contributed by atoms with Crippen LogP contribution < -0.4 is 10.2 Å². The van der Waals surface area contributed by atoms with Crippen molar-refractivity contribution in [2.45, 2.75) is 6.61 Å². The van der Waals surface area contributed by atoms with Crippen LogP contribution in [0.3, 0.4) is 0 Å². The molecule has 2 aromatic carbocycles. The Bertz CT molecular complexity index is 1000. The summed E-state index contributed by atoms with van der Waals surface area (Å²) in [7, 11) is 1.34. The quantitative estimate of drug-likeness (QED) is 0.381. The predicted octanol–water partition coefficient (Wildman–Crippen LogP) is 3.21. The molecule has 0 atom stereocenters. The Hall–Kier alpha value is -4.00. The number of carbonyl (C=O) groups excluding carboxylic acids is 2. The number of nitrogens with zero attached hydrogens (tertiary/aromatic N) is 2. The highest BCUT2D eigenvalue weighted by Crippen LogP contribution is 2.18. The van der Waals surface area contributed by atoms with Crippen LogP contribution in [0.2, 0.25) is 0 Å². The molecule has 0 aliphatic carbocycles. The van der Waals surface area contributed by atoms with Crippen LogP contribution in [0.15, 0.2) is 78.2 Å². The molecule has 0 spiro atoms. The standard InChI is InChI=1S/C22H19N3O4/c1-28-22(27)18-8-6-16(7-9-18)15-29-20-5-3-2-4-19(20)14-24-25-21(26)17-10-12-23-13-11-17/h2-14H,15H2,1H3,(H,25,26)/b24-14-. The predicted molar refractivity (Wildman–Crippen MR) is 108 cm³/mol. The Morgan fingerprint density at radius 1 is 1.00 bits per heavy atom. The van der Waals surface area contributed by atoms with Crippen molar-refractivity contribution in [3.63, 3.8) is 0 Å². The highest BCUT2D eigenvalue weighted by atomic mass is 16.5. The molecule has 0 fully saturated rings. The Balaban J connectivity index is 1.61. The highest BCUT2D eigenvalue weighted by molar-refractivity contribution is 5.95. The third-order valence-corrected chi connectivity index (χ3v) is 4.00. The highest BCUT2D eigenvalue weighted by Gasteiger charge is 2.06. The molecule has 1 N–H and O–H groups in total. The number of hydrogen-bond donors (Lipinski definition) is 1. The van der Waals surface area contributed by atoms with Gasteiger partial charge in [0.1, 0.15) is 12.4 Å². The molecule has 1 aromatic heterocycles. The van der Waals surface area contributed by atoms with Gasteiger partial charge in [-0.2, -0.15) is 5.10 Å². The van der Waals surface area contributed by atoms with E-state index < -0.39 is 0 Å². The Kier molecular flexibility index (Phi) is 6.67. The van der Waals surface area contributed by atoms with Crippen LogP contribution in [-0.2, 0) is 11.3 Å². The van der Waals surface area contributed by atoms with Gasteiger partial charge in [0.25, 0.3) is 5.91 Å². The summed E-state index contributed by atoms with van der Waals surface area (Å²) in [4.78, 5) is 27.4. The van der Waals surface area contributed by atoms with E-state index in [1.807, 2.05) is 24.3 Å². The van der Waals surface area contributed by atoms with Crippen LogP contribution in [0.25, 0.3) is 0 Å². The lowest BCUT2D eigenvalue weighted by Gasteiger charge is -2.09. The number of para-hydroxylation sites is 1. The summed E-state index contributed by atoms with van der Waals surface area (Å²) in [5.41, 5.74) is 5.04. The number of ether oxygens (including phenoxy) is 2. The van der Waals surface area contributed by atoms with Crippen molar-refractivity contribution < 1.29 is 19.1 Å². The van der Waals surface area contributed by atoms with Crippen molar-refractivity contribution in [1.82, 2.24) is 10.4 Å². The minimum Gasteiger partial charge on any atom is -0.488 e. The lowest BCUT2D eigenvalue weighted by molar-refractivity contribution is 0.0600. The first-order valence-electron chi connectivity index (χ1n) is 8.80. The van der Waals surface area contributed by atoms with Gasteiger partial charge in [-0.05, 0) is 42.0 Å². The third kappa shape index (κ3) is 5.49. The van der Waals surface area contributed by atoms with Crippen LogP contribution in [0.5, 0.6) is 5.75 Å². The van der Waals surface area contributed by atoms with Crippen molar-refractivity contribution in [2.24, 2.45) is 5.10 Å². The fourth-order valence-corrected chi connectivity index (χ4v) is 2.46. The maximum Gasteiger partial charge on any atom is 0.337 e. The first-order valence-corrected chi connectivity index (χ1v) is 8.80. The van der Waals surface area contributed by atoms with Gasteiger partial charge in [-0.3, -0.25) is 9.78 Å². The molecule has 0 aliphatic rings. The smallest absolute Gasteiger partial charge is 0.337 e.